The van der Waals surface area contributed by atoms with Gasteiger partial charge in [0, 0.05) is 29.8 Å². The summed E-state index contributed by atoms with van der Waals surface area (Å²) < 4.78 is 27.0. The number of hydrogen-bond acceptors (Lipinski definition) is 1. The summed E-state index contributed by atoms with van der Waals surface area (Å²) in [5, 5.41) is 2.82. The average Bonchev–Trinajstić information content (AvgIpc) is 2.37. The summed E-state index contributed by atoms with van der Waals surface area (Å²) in [4.78, 5) is 11.9. The molecular weight excluding hydrogens is 316 g/mol. The Morgan fingerprint density at radius 3 is 2.42 bits per heavy atom. The molecule has 1 saturated carbocycles. The molecule has 1 aromatic carbocycles. The van der Waals surface area contributed by atoms with E-state index in [1.54, 1.807) is 0 Å². The van der Waals surface area contributed by atoms with Crippen LogP contribution in [0.4, 0.5) is 8.78 Å². The number of amides is 1. The lowest BCUT2D eigenvalue weighted by Crippen LogP contribution is -2.35. The van der Waals surface area contributed by atoms with E-state index in [1.165, 1.54) is 0 Å². The van der Waals surface area contributed by atoms with E-state index in [4.69, 9.17) is 0 Å². The highest BCUT2D eigenvalue weighted by atomic mass is 79.9. The van der Waals surface area contributed by atoms with Crippen LogP contribution < -0.4 is 5.32 Å². The fourth-order valence-electron chi connectivity index (χ4n) is 2.24. The van der Waals surface area contributed by atoms with E-state index in [0.717, 1.165) is 10.0 Å². The number of nitrogens with one attached hydrogen (secondary N) is 1. The van der Waals surface area contributed by atoms with Crippen LogP contribution >= 0.6 is 15.9 Å². The molecule has 0 aliphatic heterocycles. The van der Waals surface area contributed by atoms with Crippen molar-refractivity contribution in [1.29, 1.82) is 0 Å². The molecule has 2 rings (SSSR count). The summed E-state index contributed by atoms with van der Waals surface area (Å²) in [6, 6.07) is 7.64. The van der Waals surface area contributed by atoms with Gasteiger partial charge in [-0.25, -0.2) is 8.78 Å². The normalized spacial score (nSPS) is 19.1. The Balaban J connectivity index is 1.80. The first kappa shape index (κ1) is 14.4. The molecule has 1 amide bonds. The summed E-state index contributed by atoms with van der Waals surface area (Å²) in [6.07, 6.45) is 0.199. The van der Waals surface area contributed by atoms with Crippen molar-refractivity contribution in [3.05, 3.63) is 34.3 Å². The van der Waals surface area contributed by atoms with Crippen LogP contribution in [0.5, 0.6) is 0 Å². The van der Waals surface area contributed by atoms with Gasteiger partial charge in [0.25, 0.3) is 0 Å². The van der Waals surface area contributed by atoms with Crippen LogP contribution in [0.2, 0.25) is 0 Å². The Hall–Kier alpha value is -0.970. The van der Waals surface area contributed by atoms with Crippen molar-refractivity contribution in [3.8, 4) is 0 Å². The second kappa shape index (κ2) is 5.99. The molecule has 1 N–H and O–H groups in total. The van der Waals surface area contributed by atoms with Crippen molar-refractivity contribution in [2.75, 3.05) is 0 Å². The van der Waals surface area contributed by atoms with Gasteiger partial charge in [0.05, 0.1) is 0 Å². The number of carbonyl (C=O) groups excluding carboxylic acids is 1. The van der Waals surface area contributed by atoms with Gasteiger partial charge in [-0.3, -0.25) is 4.79 Å². The molecule has 1 fully saturated rings. The zero-order valence-corrected chi connectivity index (χ0v) is 12.1. The van der Waals surface area contributed by atoms with Crippen molar-refractivity contribution in [1.82, 2.24) is 5.32 Å². The molecule has 0 unspecified atom stereocenters. The van der Waals surface area contributed by atoms with E-state index < -0.39 is 5.92 Å². The standard InChI is InChI=1S/C14H16BrF2NO/c15-12-3-1-10(2-4-12)9-18-13(19)11-5-7-14(16,17)8-6-11/h1-4,11H,5-9H2,(H,18,19). The Morgan fingerprint density at radius 2 is 1.84 bits per heavy atom. The van der Waals surface area contributed by atoms with Crippen LogP contribution in [-0.2, 0) is 11.3 Å². The minimum atomic E-state index is -2.58. The van der Waals surface area contributed by atoms with Crippen molar-refractivity contribution in [2.24, 2.45) is 5.92 Å². The molecule has 0 atom stereocenters. The molecule has 0 bridgehead atoms. The third-order valence-electron chi connectivity index (χ3n) is 3.47. The van der Waals surface area contributed by atoms with Gasteiger partial charge in [0.15, 0.2) is 0 Å². The fourth-order valence-corrected chi connectivity index (χ4v) is 2.50. The number of alkyl halides is 2. The van der Waals surface area contributed by atoms with Crippen LogP contribution in [0.1, 0.15) is 31.2 Å². The lowest BCUT2D eigenvalue weighted by atomic mass is 9.86. The Morgan fingerprint density at radius 1 is 1.26 bits per heavy atom. The first-order valence-electron chi connectivity index (χ1n) is 6.36. The maximum Gasteiger partial charge on any atom is 0.248 e. The summed E-state index contributed by atoms with van der Waals surface area (Å²) in [6.45, 7) is 0.443. The number of rotatable bonds is 3. The summed E-state index contributed by atoms with van der Waals surface area (Å²) >= 11 is 3.34. The molecule has 19 heavy (non-hydrogen) atoms. The third kappa shape index (κ3) is 4.27. The van der Waals surface area contributed by atoms with Gasteiger partial charge in [-0.15, -0.1) is 0 Å². The molecule has 0 heterocycles. The Labute approximate surface area is 119 Å². The highest BCUT2D eigenvalue weighted by molar-refractivity contribution is 9.10. The van der Waals surface area contributed by atoms with Gasteiger partial charge >= 0.3 is 0 Å². The van der Waals surface area contributed by atoms with Gasteiger partial charge in [0.1, 0.15) is 0 Å². The molecule has 0 saturated heterocycles. The largest absolute Gasteiger partial charge is 0.352 e. The van der Waals surface area contributed by atoms with Gasteiger partial charge in [-0.05, 0) is 30.5 Å². The molecule has 0 radical (unpaired) electrons. The van der Waals surface area contributed by atoms with Gasteiger partial charge in [-0.2, -0.15) is 0 Å². The van der Waals surface area contributed by atoms with Crippen LogP contribution in [0.3, 0.4) is 0 Å². The van der Waals surface area contributed by atoms with E-state index >= 15 is 0 Å². The van der Waals surface area contributed by atoms with Crippen molar-refractivity contribution in [3.63, 3.8) is 0 Å². The molecule has 5 heteroatoms. The minimum absolute atomic E-state index is 0.113. The van der Waals surface area contributed by atoms with Crippen molar-refractivity contribution in [2.45, 2.75) is 38.2 Å². The Kier molecular flexibility index (Phi) is 4.55. The van der Waals surface area contributed by atoms with Crippen LogP contribution in [0, 0.1) is 5.92 Å². The van der Waals surface area contributed by atoms with Gasteiger partial charge in [-0.1, -0.05) is 28.1 Å². The second-order valence-corrected chi connectivity index (χ2v) is 5.89. The maximum atomic E-state index is 13.0. The zero-order chi connectivity index (χ0) is 13.9. The molecule has 1 aromatic rings. The predicted molar refractivity (Wildman–Crippen MR) is 72.9 cm³/mol. The van der Waals surface area contributed by atoms with E-state index in [0.29, 0.717) is 6.54 Å². The lowest BCUT2D eigenvalue weighted by molar-refractivity contribution is -0.129. The topological polar surface area (TPSA) is 29.1 Å². The second-order valence-electron chi connectivity index (χ2n) is 4.97. The van der Waals surface area contributed by atoms with Gasteiger partial charge < -0.3 is 5.32 Å². The highest BCUT2D eigenvalue weighted by Crippen LogP contribution is 2.36. The molecule has 1 aliphatic carbocycles. The summed E-state index contributed by atoms with van der Waals surface area (Å²) in [5.41, 5.74) is 0.998. The molecule has 0 aromatic heterocycles. The molecule has 0 spiro atoms. The van der Waals surface area contributed by atoms with E-state index in [-0.39, 0.29) is 37.5 Å². The monoisotopic (exact) mass is 331 g/mol. The number of halogens is 3. The van der Waals surface area contributed by atoms with Gasteiger partial charge in [0.2, 0.25) is 11.8 Å². The SMILES string of the molecule is O=C(NCc1ccc(Br)cc1)C1CCC(F)(F)CC1. The van der Waals surface area contributed by atoms with E-state index in [2.05, 4.69) is 21.2 Å². The smallest absolute Gasteiger partial charge is 0.248 e. The Bertz CT molecular complexity index is 437. The lowest BCUT2D eigenvalue weighted by Gasteiger charge is -2.27. The van der Waals surface area contributed by atoms with Crippen molar-refractivity contribution < 1.29 is 13.6 Å². The van der Waals surface area contributed by atoms with Crippen molar-refractivity contribution >= 4 is 21.8 Å². The minimum Gasteiger partial charge on any atom is -0.352 e. The van der Waals surface area contributed by atoms with Crippen LogP contribution in [0.15, 0.2) is 28.7 Å². The molecule has 2 nitrogen and oxygen atoms in total. The fraction of sp³-hybridized carbons (Fsp3) is 0.500. The molecule has 1 aliphatic rings. The third-order valence-corrected chi connectivity index (χ3v) is 4.00. The average molecular weight is 332 g/mol. The molecular formula is C14H16BrF2NO. The van der Waals surface area contributed by atoms with Crippen LogP contribution in [0.25, 0.3) is 0 Å². The number of carbonyl (C=O) groups is 1. The highest BCUT2D eigenvalue weighted by Gasteiger charge is 2.37. The van der Waals surface area contributed by atoms with Crippen LogP contribution in [-0.4, -0.2) is 11.8 Å². The van der Waals surface area contributed by atoms with E-state index in [1.807, 2.05) is 24.3 Å². The van der Waals surface area contributed by atoms with E-state index in [9.17, 15) is 13.6 Å². The summed E-state index contributed by atoms with van der Waals surface area (Å²) in [5.74, 6) is -2.96. The zero-order valence-electron chi connectivity index (χ0n) is 10.5. The first-order chi connectivity index (χ1) is 8.96. The first-order valence-corrected chi connectivity index (χ1v) is 7.15. The maximum absolute atomic E-state index is 13.0. The summed E-state index contributed by atoms with van der Waals surface area (Å²) in [7, 11) is 0. The predicted octanol–water partition coefficient (Wildman–Crippen LogP) is 3.89. The quantitative estimate of drug-likeness (QED) is 0.894. The number of benzene rings is 1. The molecule has 104 valence electrons. The number of hydrogen-bond donors (Lipinski definition) is 1.